The second-order valence-electron chi connectivity index (χ2n) is 3.93. The highest BCUT2D eigenvalue weighted by Gasteiger charge is 2.17. The van der Waals surface area contributed by atoms with Crippen LogP contribution in [-0.4, -0.2) is 17.3 Å². The maximum absolute atomic E-state index is 12.1. The van der Waals surface area contributed by atoms with E-state index in [1.807, 2.05) is 6.92 Å². The van der Waals surface area contributed by atoms with Gasteiger partial charge in [-0.3, -0.25) is 9.78 Å². The Morgan fingerprint density at radius 3 is 2.94 bits per heavy atom. The van der Waals surface area contributed by atoms with E-state index < -0.39 is 5.76 Å². The number of fused-ring (bicyclic) bond motifs is 1. The molecule has 0 bridgehead atoms. The molecule has 5 nitrogen and oxygen atoms in total. The number of nitrogens with one attached hydrogen (secondary N) is 1. The molecule has 90 valence electrons. The van der Waals surface area contributed by atoms with Crippen molar-refractivity contribution in [3.8, 4) is 0 Å². The molecule has 0 saturated carbocycles. The molecule has 0 aliphatic heterocycles. The molecule has 2 aromatic rings. The Morgan fingerprint density at radius 2 is 2.29 bits per heavy atom. The Bertz CT molecular complexity index is 593. The number of aromatic amines is 1. The Hall–Kier alpha value is -1.88. The summed E-state index contributed by atoms with van der Waals surface area (Å²) >= 11 is 0. The minimum absolute atomic E-state index is 0.000973. The topological polar surface area (TPSA) is 89.1 Å². The molecule has 1 aromatic carbocycles. The van der Waals surface area contributed by atoms with Crippen molar-refractivity contribution in [2.75, 3.05) is 6.54 Å². The monoisotopic (exact) mass is 234 g/mol. The predicted octanol–water partition coefficient (Wildman–Crippen LogP) is 1.29. The summed E-state index contributed by atoms with van der Waals surface area (Å²) in [6.07, 6.45) is 0.704. The van der Waals surface area contributed by atoms with Crippen LogP contribution in [0.25, 0.3) is 11.1 Å². The van der Waals surface area contributed by atoms with Crippen LogP contribution in [0.4, 0.5) is 0 Å². The molecule has 0 spiro atoms. The molecule has 17 heavy (non-hydrogen) atoms. The van der Waals surface area contributed by atoms with E-state index in [1.54, 1.807) is 18.2 Å². The summed E-state index contributed by atoms with van der Waals surface area (Å²) in [5, 5.41) is 0. The first-order chi connectivity index (χ1) is 8.15. The van der Waals surface area contributed by atoms with Gasteiger partial charge in [0.25, 0.3) is 0 Å². The SMILES string of the molecule is CCC(CN)C(=O)c1ccc2oc(=O)[nH]c2c1. The van der Waals surface area contributed by atoms with Crippen molar-refractivity contribution in [2.45, 2.75) is 13.3 Å². The number of aromatic nitrogens is 1. The number of oxazole rings is 1. The highest BCUT2D eigenvalue weighted by atomic mass is 16.4. The lowest BCUT2D eigenvalue weighted by molar-refractivity contribution is 0.0921. The number of rotatable bonds is 4. The number of ketones is 1. The lowest BCUT2D eigenvalue weighted by Crippen LogP contribution is -2.23. The highest BCUT2D eigenvalue weighted by molar-refractivity contribution is 6.00. The van der Waals surface area contributed by atoms with Crippen LogP contribution in [0.2, 0.25) is 0 Å². The molecule has 1 atom stereocenters. The molecule has 0 aliphatic rings. The van der Waals surface area contributed by atoms with Gasteiger partial charge >= 0.3 is 5.76 Å². The lowest BCUT2D eigenvalue weighted by Gasteiger charge is -2.10. The number of carbonyl (C=O) groups excluding carboxylic acids is 1. The first-order valence-electron chi connectivity index (χ1n) is 5.53. The molecule has 3 N–H and O–H groups in total. The van der Waals surface area contributed by atoms with Gasteiger partial charge < -0.3 is 10.2 Å². The summed E-state index contributed by atoms with van der Waals surface area (Å²) in [5.74, 6) is -0.694. The van der Waals surface area contributed by atoms with Gasteiger partial charge in [0.2, 0.25) is 0 Å². The zero-order chi connectivity index (χ0) is 12.4. The van der Waals surface area contributed by atoms with Gasteiger partial charge in [-0.25, -0.2) is 4.79 Å². The van der Waals surface area contributed by atoms with E-state index in [0.29, 0.717) is 29.6 Å². The van der Waals surface area contributed by atoms with Gasteiger partial charge in [0.1, 0.15) is 0 Å². The average molecular weight is 234 g/mol. The van der Waals surface area contributed by atoms with Gasteiger partial charge in [-0.05, 0) is 24.6 Å². The maximum atomic E-state index is 12.1. The van der Waals surface area contributed by atoms with Gasteiger partial charge in [0, 0.05) is 18.0 Å². The third kappa shape index (κ3) is 2.14. The standard InChI is InChI=1S/C12H14N2O3/c1-2-7(6-13)11(15)8-3-4-10-9(5-8)14-12(16)17-10/h3-5,7H,2,6,13H2,1H3,(H,14,16). The number of Topliss-reactive ketones (excluding diaryl/α,β-unsaturated/α-hetero) is 1. The molecule has 0 radical (unpaired) electrons. The average Bonchev–Trinajstić information content (AvgIpc) is 2.69. The smallest absolute Gasteiger partial charge is 0.408 e. The highest BCUT2D eigenvalue weighted by Crippen LogP contribution is 2.16. The maximum Gasteiger partial charge on any atom is 0.417 e. The van der Waals surface area contributed by atoms with Crippen molar-refractivity contribution in [1.82, 2.24) is 4.98 Å². The summed E-state index contributed by atoms with van der Waals surface area (Å²) in [5.41, 5.74) is 7.08. The van der Waals surface area contributed by atoms with Gasteiger partial charge in [0.05, 0.1) is 5.52 Å². The fourth-order valence-electron chi connectivity index (χ4n) is 1.80. The van der Waals surface area contributed by atoms with Crippen LogP contribution >= 0.6 is 0 Å². The fraction of sp³-hybridized carbons (Fsp3) is 0.333. The number of nitrogens with two attached hydrogens (primary N) is 1. The zero-order valence-corrected chi connectivity index (χ0v) is 9.53. The Kier molecular flexibility index (Phi) is 3.10. The van der Waals surface area contributed by atoms with Crippen LogP contribution < -0.4 is 11.5 Å². The Morgan fingerprint density at radius 1 is 1.53 bits per heavy atom. The number of benzene rings is 1. The van der Waals surface area contributed by atoms with Gasteiger partial charge in [-0.2, -0.15) is 0 Å². The van der Waals surface area contributed by atoms with Crippen molar-refractivity contribution in [3.63, 3.8) is 0 Å². The number of hydrogen-bond donors (Lipinski definition) is 2. The first kappa shape index (κ1) is 11.6. The fourth-order valence-corrected chi connectivity index (χ4v) is 1.80. The summed E-state index contributed by atoms with van der Waals surface area (Å²) in [7, 11) is 0. The van der Waals surface area contributed by atoms with Crippen molar-refractivity contribution in [3.05, 3.63) is 34.3 Å². The third-order valence-corrected chi connectivity index (χ3v) is 2.85. The summed E-state index contributed by atoms with van der Waals surface area (Å²) < 4.78 is 4.87. The van der Waals surface area contributed by atoms with E-state index in [4.69, 9.17) is 10.2 Å². The van der Waals surface area contributed by atoms with Crippen LogP contribution in [-0.2, 0) is 0 Å². The Balaban J connectivity index is 2.42. The van der Waals surface area contributed by atoms with E-state index in [0.717, 1.165) is 0 Å². The molecule has 0 amide bonds. The molecule has 0 saturated heterocycles. The van der Waals surface area contributed by atoms with Crippen molar-refractivity contribution >= 4 is 16.9 Å². The number of hydrogen-bond acceptors (Lipinski definition) is 4. The van der Waals surface area contributed by atoms with Crippen LogP contribution in [0.1, 0.15) is 23.7 Å². The summed E-state index contributed by atoms with van der Waals surface area (Å²) in [4.78, 5) is 25.6. The van der Waals surface area contributed by atoms with Crippen LogP contribution in [0.15, 0.2) is 27.4 Å². The van der Waals surface area contributed by atoms with Gasteiger partial charge in [0.15, 0.2) is 11.4 Å². The molecular formula is C12H14N2O3. The molecule has 0 aliphatic carbocycles. The minimum atomic E-state index is -0.518. The molecule has 2 rings (SSSR count). The molecule has 5 heteroatoms. The van der Waals surface area contributed by atoms with E-state index in [9.17, 15) is 9.59 Å². The lowest BCUT2D eigenvalue weighted by atomic mass is 9.95. The second kappa shape index (κ2) is 4.55. The summed E-state index contributed by atoms with van der Waals surface area (Å²) in [6, 6.07) is 4.89. The zero-order valence-electron chi connectivity index (χ0n) is 9.53. The molecular weight excluding hydrogens is 220 g/mol. The molecule has 1 aromatic heterocycles. The quantitative estimate of drug-likeness (QED) is 0.780. The molecule has 1 unspecified atom stereocenters. The van der Waals surface area contributed by atoms with Gasteiger partial charge in [-0.1, -0.05) is 6.92 Å². The summed E-state index contributed by atoms with van der Waals surface area (Å²) in [6.45, 7) is 2.25. The van der Waals surface area contributed by atoms with Crippen molar-refractivity contribution in [1.29, 1.82) is 0 Å². The van der Waals surface area contributed by atoms with Crippen LogP contribution in [0.5, 0.6) is 0 Å². The Labute approximate surface area is 97.6 Å². The van der Waals surface area contributed by atoms with E-state index >= 15 is 0 Å². The van der Waals surface area contributed by atoms with E-state index in [1.165, 1.54) is 0 Å². The first-order valence-corrected chi connectivity index (χ1v) is 5.53. The largest absolute Gasteiger partial charge is 0.417 e. The molecule has 1 heterocycles. The van der Waals surface area contributed by atoms with Crippen molar-refractivity contribution in [2.24, 2.45) is 11.7 Å². The number of H-pyrrole nitrogens is 1. The van der Waals surface area contributed by atoms with Crippen LogP contribution in [0.3, 0.4) is 0 Å². The normalized spacial score (nSPS) is 12.8. The second-order valence-corrected chi connectivity index (χ2v) is 3.93. The van der Waals surface area contributed by atoms with Crippen molar-refractivity contribution < 1.29 is 9.21 Å². The van der Waals surface area contributed by atoms with Gasteiger partial charge in [-0.15, -0.1) is 0 Å². The number of carbonyl (C=O) groups is 1. The van der Waals surface area contributed by atoms with Crippen LogP contribution in [0, 0.1) is 5.92 Å². The van der Waals surface area contributed by atoms with E-state index in [-0.39, 0.29) is 11.7 Å². The molecule has 0 fully saturated rings. The van der Waals surface area contributed by atoms with E-state index in [2.05, 4.69) is 4.98 Å². The third-order valence-electron chi connectivity index (χ3n) is 2.85. The minimum Gasteiger partial charge on any atom is -0.408 e. The predicted molar refractivity (Wildman–Crippen MR) is 64.0 cm³/mol.